The number of nitriles is 1. The maximum absolute atomic E-state index is 8.78. The quantitative estimate of drug-likeness (QED) is 0.769. The molecular formula is C18H13N3. The van der Waals surface area contributed by atoms with E-state index in [9.17, 15) is 0 Å². The van der Waals surface area contributed by atoms with Crippen molar-refractivity contribution >= 4 is 11.4 Å². The third-order valence-corrected chi connectivity index (χ3v) is 3.20. The second-order valence-electron chi connectivity index (χ2n) is 4.63. The summed E-state index contributed by atoms with van der Waals surface area (Å²) in [6, 6.07) is 21.7. The second kappa shape index (κ2) is 5.89. The predicted molar refractivity (Wildman–Crippen MR) is 84.1 cm³/mol. The van der Waals surface area contributed by atoms with Gasteiger partial charge in [-0.15, -0.1) is 0 Å². The van der Waals surface area contributed by atoms with Gasteiger partial charge < -0.3 is 5.32 Å². The maximum atomic E-state index is 8.78. The Hall–Kier alpha value is -3.12. The van der Waals surface area contributed by atoms with Crippen molar-refractivity contribution in [1.82, 2.24) is 4.98 Å². The van der Waals surface area contributed by atoms with Crippen LogP contribution in [0.5, 0.6) is 0 Å². The van der Waals surface area contributed by atoms with Crippen molar-refractivity contribution in [3.63, 3.8) is 0 Å². The van der Waals surface area contributed by atoms with Crippen molar-refractivity contribution in [2.24, 2.45) is 0 Å². The highest BCUT2D eigenvalue weighted by molar-refractivity contribution is 5.68. The average molecular weight is 271 g/mol. The minimum atomic E-state index is 0.661. The first-order chi connectivity index (χ1) is 10.3. The minimum Gasteiger partial charge on any atom is -0.356 e. The first-order valence-corrected chi connectivity index (χ1v) is 6.63. The fraction of sp³-hybridized carbons (Fsp3) is 0. The average Bonchev–Trinajstić information content (AvgIpc) is 2.57. The Bertz CT molecular complexity index is 754. The van der Waals surface area contributed by atoms with Gasteiger partial charge in [0.05, 0.1) is 11.6 Å². The van der Waals surface area contributed by atoms with E-state index in [0.29, 0.717) is 5.56 Å². The number of pyridine rings is 1. The van der Waals surface area contributed by atoms with Crippen LogP contribution in [0.1, 0.15) is 5.56 Å². The van der Waals surface area contributed by atoms with Gasteiger partial charge in [0, 0.05) is 23.8 Å². The predicted octanol–water partition coefficient (Wildman–Crippen LogP) is 4.36. The van der Waals surface area contributed by atoms with Crippen LogP contribution in [0.25, 0.3) is 11.1 Å². The van der Waals surface area contributed by atoms with Crippen molar-refractivity contribution in [1.29, 1.82) is 5.26 Å². The van der Waals surface area contributed by atoms with Crippen LogP contribution in [0.3, 0.4) is 0 Å². The highest BCUT2D eigenvalue weighted by Gasteiger charge is 1.98. The molecule has 3 aromatic rings. The van der Waals surface area contributed by atoms with E-state index in [0.717, 1.165) is 22.5 Å². The maximum Gasteiger partial charge on any atom is 0.0991 e. The molecule has 1 heterocycles. The van der Waals surface area contributed by atoms with E-state index in [1.165, 1.54) is 0 Å². The van der Waals surface area contributed by atoms with Gasteiger partial charge in [0.15, 0.2) is 0 Å². The highest BCUT2D eigenvalue weighted by atomic mass is 14.9. The Kier molecular flexibility index (Phi) is 3.62. The molecule has 0 amide bonds. The molecule has 0 fully saturated rings. The van der Waals surface area contributed by atoms with Crippen molar-refractivity contribution in [2.45, 2.75) is 0 Å². The highest BCUT2D eigenvalue weighted by Crippen LogP contribution is 2.22. The molecule has 1 aromatic heterocycles. The lowest BCUT2D eigenvalue weighted by Gasteiger charge is -2.07. The van der Waals surface area contributed by atoms with Gasteiger partial charge in [0.2, 0.25) is 0 Å². The molecule has 0 aliphatic heterocycles. The van der Waals surface area contributed by atoms with Crippen LogP contribution in [-0.2, 0) is 0 Å². The van der Waals surface area contributed by atoms with Crippen LogP contribution < -0.4 is 5.32 Å². The third kappa shape index (κ3) is 3.07. The molecule has 0 saturated heterocycles. The molecular weight excluding hydrogens is 258 g/mol. The summed E-state index contributed by atoms with van der Waals surface area (Å²) in [4.78, 5) is 4.02. The van der Waals surface area contributed by atoms with E-state index in [-0.39, 0.29) is 0 Å². The summed E-state index contributed by atoms with van der Waals surface area (Å²) >= 11 is 0. The Labute approximate surface area is 123 Å². The lowest BCUT2D eigenvalue weighted by molar-refractivity contribution is 1.33. The summed E-state index contributed by atoms with van der Waals surface area (Å²) in [6.07, 6.45) is 3.58. The van der Waals surface area contributed by atoms with Gasteiger partial charge in [-0.2, -0.15) is 5.26 Å². The fourth-order valence-electron chi connectivity index (χ4n) is 2.09. The van der Waals surface area contributed by atoms with Crippen LogP contribution in [0, 0.1) is 11.3 Å². The molecule has 0 spiro atoms. The molecule has 100 valence electrons. The molecule has 2 aromatic carbocycles. The summed E-state index contributed by atoms with van der Waals surface area (Å²) in [6.45, 7) is 0. The molecule has 1 N–H and O–H groups in total. The lowest BCUT2D eigenvalue weighted by Crippen LogP contribution is -1.90. The van der Waals surface area contributed by atoms with Crippen molar-refractivity contribution in [3.8, 4) is 17.2 Å². The van der Waals surface area contributed by atoms with Crippen LogP contribution in [0.2, 0.25) is 0 Å². The molecule has 0 aliphatic rings. The number of anilines is 2. The zero-order valence-corrected chi connectivity index (χ0v) is 11.3. The second-order valence-corrected chi connectivity index (χ2v) is 4.63. The zero-order valence-electron chi connectivity index (χ0n) is 11.3. The fourth-order valence-corrected chi connectivity index (χ4v) is 2.09. The lowest BCUT2D eigenvalue weighted by atomic mass is 10.1. The van der Waals surface area contributed by atoms with Gasteiger partial charge in [-0.25, -0.2) is 0 Å². The van der Waals surface area contributed by atoms with E-state index >= 15 is 0 Å². The molecule has 0 aliphatic carbocycles. The number of nitrogens with zero attached hydrogens (tertiary/aromatic N) is 2. The van der Waals surface area contributed by atoms with E-state index in [1.807, 2.05) is 36.4 Å². The van der Waals surface area contributed by atoms with Gasteiger partial charge in [-0.05, 0) is 59.7 Å². The Morgan fingerprint density at radius 3 is 1.81 bits per heavy atom. The van der Waals surface area contributed by atoms with Crippen LogP contribution in [0.4, 0.5) is 11.4 Å². The molecule has 3 rings (SSSR count). The number of hydrogen-bond acceptors (Lipinski definition) is 3. The number of benzene rings is 2. The van der Waals surface area contributed by atoms with Gasteiger partial charge in [-0.3, -0.25) is 4.98 Å². The topological polar surface area (TPSA) is 48.7 Å². The summed E-state index contributed by atoms with van der Waals surface area (Å²) in [5, 5.41) is 12.1. The zero-order chi connectivity index (χ0) is 14.5. The van der Waals surface area contributed by atoms with E-state index in [1.54, 1.807) is 24.5 Å². The number of rotatable bonds is 3. The normalized spacial score (nSPS) is 9.86. The van der Waals surface area contributed by atoms with Crippen LogP contribution in [0.15, 0.2) is 73.1 Å². The SMILES string of the molecule is N#Cc1ccc(Nc2ccc(-c3ccncc3)cc2)cc1. The number of nitrogens with one attached hydrogen (secondary N) is 1. The van der Waals surface area contributed by atoms with Gasteiger partial charge in [-0.1, -0.05) is 12.1 Å². The third-order valence-electron chi connectivity index (χ3n) is 3.20. The van der Waals surface area contributed by atoms with Gasteiger partial charge in [0.25, 0.3) is 0 Å². The van der Waals surface area contributed by atoms with E-state index in [2.05, 4.69) is 28.5 Å². The van der Waals surface area contributed by atoms with E-state index < -0.39 is 0 Å². The monoisotopic (exact) mass is 271 g/mol. The van der Waals surface area contributed by atoms with Gasteiger partial charge >= 0.3 is 0 Å². The van der Waals surface area contributed by atoms with Gasteiger partial charge in [0.1, 0.15) is 0 Å². The number of aromatic nitrogens is 1. The molecule has 0 radical (unpaired) electrons. The number of hydrogen-bond donors (Lipinski definition) is 1. The first-order valence-electron chi connectivity index (χ1n) is 6.63. The molecule has 3 heteroatoms. The summed E-state index contributed by atoms with van der Waals surface area (Å²) in [5.41, 5.74) is 4.94. The molecule has 0 atom stereocenters. The molecule has 21 heavy (non-hydrogen) atoms. The standard InChI is InChI=1S/C18H13N3/c19-13-14-1-5-17(6-2-14)21-18-7-3-15(4-8-18)16-9-11-20-12-10-16/h1-12,21H. The van der Waals surface area contributed by atoms with Crippen LogP contribution in [-0.4, -0.2) is 4.98 Å². The summed E-state index contributed by atoms with van der Waals surface area (Å²) < 4.78 is 0. The summed E-state index contributed by atoms with van der Waals surface area (Å²) in [5.74, 6) is 0. The summed E-state index contributed by atoms with van der Waals surface area (Å²) in [7, 11) is 0. The minimum absolute atomic E-state index is 0.661. The largest absolute Gasteiger partial charge is 0.356 e. The molecule has 0 saturated carbocycles. The van der Waals surface area contributed by atoms with E-state index in [4.69, 9.17) is 5.26 Å². The van der Waals surface area contributed by atoms with Crippen molar-refractivity contribution in [3.05, 3.63) is 78.6 Å². The first kappa shape index (κ1) is 12.9. The Balaban J connectivity index is 1.76. The Morgan fingerprint density at radius 1 is 0.714 bits per heavy atom. The molecule has 3 nitrogen and oxygen atoms in total. The molecule has 0 unspecified atom stereocenters. The van der Waals surface area contributed by atoms with Crippen molar-refractivity contribution < 1.29 is 0 Å². The van der Waals surface area contributed by atoms with Crippen molar-refractivity contribution in [2.75, 3.05) is 5.32 Å². The Morgan fingerprint density at radius 2 is 1.24 bits per heavy atom. The smallest absolute Gasteiger partial charge is 0.0991 e. The molecule has 0 bridgehead atoms. The van der Waals surface area contributed by atoms with Crippen LogP contribution >= 0.6 is 0 Å².